The smallest absolute Gasteiger partial charge is 0.241 e. The van der Waals surface area contributed by atoms with Crippen molar-refractivity contribution in [3.05, 3.63) is 29.3 Å². The predicted molar refractivity (Wildman–Crippen MR) is 91.0 cm³/mol. The van der Waals surface area contributed by atoms with Crippen LogP contribution < -0.4 is 9.62 Å². The highest BCUT2D eigenvalue weighted by atomic mass is 35.5. The van der Waals surface area contributed by atoms with E-state index >= 15 is 0 Å². The van der Waals surface area contributed by atoms with Crippen molar-refractivity contribution in [2.45, 2.75) is 31.7 Å². The van der Waals surface area contributed by atoms with E-state index in [1.807, 2.05) is 0 Å². The van der Waals surface area contributed by atoms with Crippen molar-refractivity contribution in [2.24, 2.45) is 11.8 Å². The number of nitrogens with zero attached hydrogens (tertiary/aromatic N) is 1. The molecule has 0 aromatic heterocycles. The van der Waals surface area contributed by atoms with Gasteiger partial charge in [-0.3, -0.25) is 9.10 Å². The van der Waals surface area contributed by atoms with E-state index in [2.05, 4.69) is 5.32 Å². The number of carbonyl (C=O) groups excluding carboxylic acids is 1. The minimum absolute atomic E-state index is 0.189. The molecule has 2 aliphatic rings. The Hall–Kier alpha value is -1.27. The molecule has 0 radical (unpaired) electrons. The molecule has 5 nitrogen and oxygen atoms in total. The van der Waals surface area contributed by atoms with Gasteiger partial charge in [-0.1, -0.05) is 30.2 Å². The number of hydrogen-bond donors (Lipinski definition) is 1. The topological polar surface area (TPSA) is 66.5 Å². The van der Waals surface area contributed by atoms with Crippen LogP contribution in [-0.4, -0.2) is 33.2 Å². The van der Waals surface area contributed by atoms with Gasteiger partial charge in [0.2, 0.25) is 15.9 Å². The highest BCUT2D eigenvalue weighted by Crippen LogP contribution is 2.44. The lowest BCUT2D eigenvalue weighted by molar-refractivity contribution is -0.120. The van der Waals surface area contributed by atoms with Crippen LogP contribution in [0.3, 0.4) is 0 Å². The maximum absolute atomic E-state index is 12.4. The van der Waals surface area contributed by atoms with Crippen LogP contribution in [0.25, 0.3) is 0 Å². The molecular formula is C16H21ClN2O3S. The number of carbonyl (C=O) groups is 1. The average Bonchev–Trinajstić information content (AvgIpc) is 3.07. The second-order valence-corrected chi connectivity index (χ2v) is 8.88. The van der Waals surface area contributed by atoms with E-state index in [-0.39, 0.29) is 18.5 Å². The van der Waals surface area contributed by atoms with Crippen molar-refractivity contribution in [3.63, 3.8) is 0 Å². The summed E-state index contributed by atoms with van der Waals surface area (Å²) in [5, 5.41) is 3.32. The number of hydrogen-bond acceptors (Lipinski definition) is 3. The molecule has 0 unspecified atom stereocenters. The molecule has 1 amide bonds. The van der Waals surface area contributed by atoms with Crippen LogP contribution in [0.1, 0.15) is 25.7 Å². The zero-order valence-corrected chi connectivity index (χ0v) is 14.6. The summed E-state index contributed by atoms with van der Waals surface area (Å²) in [6, 6.07) is 6.83. The van der Waals surface area contributed by atoms with Crippen molar-refractivity contribution < 1.29 is 13.2 Å². The fraction of sp³-hybridized carbons (Fsp3) is 0.562. The maximum Gasteiger partial charge on any atom is 0.241 e. The summed E-state index contributed by atoms with van der Waals surface area (Å²) in [5.41, 5.74) is 0.333. The first-order valence-electron chi connectivity index (χ1n) is 7.86. The van der Waals surface area contributed by atoms with Gasteiger partial charge in [0.1, 0.15) is 6.54 Å². The molecule has 0 spiro atoms. The number of benzene rings is 1. The number of halogens is 1. The Balaban J connectivity index is 1.72. The second kappa shape index (κ2) is 6.32. The lowest BCUT2D eigenvalue weighted by Crippen LogP contribution is -2.45. The van der Waals surface area contributed by atoms with Gasteiger partial charge in [0, 0.05) is 6.04 Å². The van der Waals surface area contributed by atoms with Crippen LogP contribution in [0.2, 0.25) is 5.02 Å². The summed E-state index contributed by atoms with van der Waals surface area (Å²) in [4.78, 5) is 12.4. The van der Waals surface area contributed by atoms with Gasteiger partial charge in [-0.15, -0.1) is 0 Å². The van der Waals surface area contributed by atoms with Crippen LogP contribution >= 0.6 is 11.6 Å². The number of anilines is 1. The molecule has 23 heavy (non-hydrogen) atoms. The SMILES string of the molecule is CS(=O)(=O)N(CC(=O)N[C@@H]1C[C@H]2CC[C@@H]1C2)c1ccccc1Cl. The van der Waals surface area contributed by atoms with Crippen LogP contribution in [0.5, 0.6) is 0 Å². The monoisotopic (exact) mass is 356 g/mol. The first kappa shape index (κ1) is 16.6. The Morgan fingerprint density at radius 1 is 1.30 bits per heavy atom. The fourth-order valence-electron chi connectivity index (χ4n) is 3.84. The molecular weight excluding hydrogens is 336 g/mol. The highest BCUT2D eigenvalue weighted by molar-refractivity contribution is 7.92. The molecule has 2 fully saturated rings. The molecule has 7 heteroatoms. The molecule has 1 N–H and O–H groups in total. The molecule has 0 aliphatic heterocycles. The average molecular weight is 357 g/mol. The van der Waals surface area contributed by atoms with E-state index in [4.69, 9.17) is 11.6 Å². The van der Waals surface area contributed by atoms with Gasteiger partial charge in [0.15, 0.2) is 0 Å². The van der Waals surface area contributed by atoms with Crippen LogP contribution in [0.15, 0.2) is 24.3 Å². The Bertz CT molecular complexity index is 707. The van der Waals surface area contributed by atoms with E-state index in [9.17, 15) is 13.2 Å². The first-order valence-corrected chi connectivity index (χ1v) is 10.1. The summed E-state index contributed by atoms with van der Waals surface area (Å²) in [6.07, 6.45) is 5.70. The lowest BCUT2D eigenvalue weighted by Gasteiger charge is -2.26. The van der Waals surface area contributed by atoms with Crippen molar-refractivity contribution in [3.8, 4) is 0 Å². The van der Waals surface area contributed by atoms with Gasteiger partial charge in [-0.2, -0.15) is 0 Å². The number of rotatable bonds is 5. The first-order chi connectivity index (χ1) is 10.8. The summed E-state index contributed by atoms with van der Waals surface area (Å²) < 4.78 is 25.2. The lowest BCUT2D eigenvalue weighted by atomic mass is 9.95. The summed E-state index contributed by atoms with van der Waals surface area (Å²) in [7, 11) is -3.59. The normalized spacial score (nSPS) is 26.3. The molecule has 2 saturated carbocycles. The molecule has 3 atom stereocenters. The van der Waals surface area contributed by atoms with Crippen molar-refractivity contribution in [1.29, 1.82) is 0 Å². The van der Waals surface area contributed by atoms with Gasteiger partial charge in [-0.05, 0) is 43.2 Å². The standard InChI is InChI=1S/C16H21ClN2O3S/c1-23(21,22)19(15-5-3-2-4-13(15)17)10-16(20)18-14-9-11-6-7-12(14)8-11/h2-5,11-12,14H,6-10H2,1H3,(H,18,20)/t11-,12+,14+/m0/s1. The predicted octanol–water partition coefficient (Wildman–Crippen LogP) is 2.41. The molecule has 1 aromatic rings. The molecule has 2 aliphatic carbocycles. The van der Waals surface area contributed by atoms with Gasteiger partial charge < -0.3 is 5.32 Å². The summed E-state index contributed by atoms with van der Waals surface area (Å²) in [6.45, 7) is -0.240. The second-order valence-electron chi connectivity index (χ2n) is 6.57. The van der Waals surface area contributed by atoms with Crippen LogP contribution in [-0.2, 0) is 14.8 Å². The third-order valence-electron chi connectivity index (χ3n) is 4.89. The van der Waals surface area contributed by atoms with Gasteiger partial charge in [0.25, 0.3) is 0 Å². The van der Waals surface area contributed by atoms with Gasteiger partial charge in [0.05, 0.1) is 17.0 Å². The molecule has 126 valence electrons. The van der Waals surface area contributed by atoms with Gasteiger partial charge in [-0.25, -0.2) is 8.42 Å². The number of fused-ring (bicyclic) bond motifs is 2. The van der Waals surface area contributed by atoms with Crippen molar-refractivity contribution >= 4 is 33.2 Å². The summed E-state index contributed by atoms with van der Waals surface area (Å²) in [5.74, 6) is 1.00. The van der Waals surface area contributed by atoms with Crippen molar-refractivity contribution in [1.82, 2.24) is 5.32 Å². The Morgan fingerprint density at radius 3 is 2.61 bits per heavy atom. The molecule has 3 rings (SSSR count). The van der Waals surface area contributed by atoms with E-state index in [0.717, 1.165) is 29.3 Å². The number of nitrogens with one attached hydrogen (secondary N) is 1. The number of para-hydroxylation sites is 1. The fourth-order valence-corrected chi connectivity index (χ4v) is 5.00. The maximum atomic E-state index is 12.4. The Kier molecular flexibility index (Phi) is 4.56. The largest absolute Gasteiger partial charge is 0.352 e. The quantitative estimate of drug-likeness (QED) is 0.881. The third kappa shape index (κ3) is 3.63. The van der Waals surface area contributed by atoms with E-state index in [1.165, 1.54) is 12.8 Å². The zero-order chi connectivity index (χ0) is 16.6. The van der Waals surface area contributed by atoms with Crippen molar-refractivity contribution in [2.75, 3.05) is 17.1 Å². The zero-order valence-electron chi connectivity index (χ0n) is 13.0. The van der Waals surface area contributed by atoms with Crippen LogP contribution in [0, 0.1) is 11.8 Å². The number of sulfonamides is 1. The van der Waals surface area contributed by atoms with E-state index in [0.29, 0.717) is 16.6 Å². The molecule has 0 heterocycles. The Labute approximate surface area is 142 Å². The molecule has 1 aromatic carbocycles. The minimum Gasteiger partial charge on any atom is -0.352 e. The third-order valence-corrected chi connectivity index (χ3v) is 6.34. The minimum atomic E-state index is -3.59. The number of amides is 1. The van der Waals surface area contributed by atoms with Crippen LogP contribution in [0.4, 0.5) is 5.69 Å². The summed E-state index contributed by atoms with van der Waals surface area (Å²) >= 11 is 6.09. The molecule has 0 saturated heterocycles. The Morgan fingerprint density at radius 2 is 2.04 bits per heavy atom. The highest BCUT2D eigenvalue weighted by Gasteiger charge is 2.40. The van der Waals surface area contributed by atoms with E-state index in [1.54, 1.807) is 24.3 Å². The molecule has 2 bridgehead atoms. The van der Waals surface area contributed by atoms with E-state index < -0.39 is 10.0 Å². The van der Waals surface area contributed by atoms with Gasteiger partial charge >= 0.3 is 0 Å².